The average Bonchev–Trinajstić information content (AvgIpc) is 2.27. The second-order valence-electron chi connectivity index (χ2n) is 3.69. The molecule has 0 saturated carbocycles. The van der Waals surface area contributed by atoms with E-state index in [0.717, 1.165) is 5.75 Å². The average molecular weight is 188 g/mol. The van der Waals surface area contributed by atoms with Crippen LogP contribution in [0.15, 0.2) is 24.3 Å². The Hall–Kier alpha value is -1.24. The van der Waals surface area contributed by atoms with E-state index in [9.17, 15) is 0 Å². The number of allylic oxidation sites excluding steroid dienone is 2. The maximum atomic E-state index is 5.23. The minimum absolute atomic E-state index is 0.973. The van der Waals surface area contributed by atoms with E-state index in [1.54, 1.807) is 7.11 Å². The van der Waals surface area contributed by atoms with Gasteiger partial charge in [0.05, 0.1) is 7.11 Å². The molecule has 74 valence electrons. The molecule has 0 fully saturated rings. The maximum Gasteiger partial charge on any atom is 0.119 e. The molecular formula is C13H16O. The summed E-state index contributed by atoms with van der Waals surface area (Å²) in [7, 11) is 1.72. The number of aryl methyl sites for hydroxylation is 1. The van der Waals surface area contributed by atoms with Crippen LogP contribution in [0.3, 0.4) is 0 Å². The molecule has 14 heavy (non-hydrogen) atoms. The van der Waals surface area contributed by atoms with Gasteiger partial charge in [-0.25, -0.2) is 0 Å². The third kappa shape index (κ3) is 1.54. The summed E-state index contributed by atoms with van der Waals surface area (Å²) in [5.41, 5.74) is 4.33. The first kappa shape index (κ1) is 9.32. The number of hydrogen-bond acceptors (Lipinski definition) is 1. The van der Waals surface area contributed by atoms with E-state index in [1.807, 2.05) is 6.07 Å². The molecule has 0 N–H and O–H groups in total. The molecule has 0 bridgehead atoms. The highest BCUT2D eigenvalue weighted by molar-refractivity contribution is 5.70. The second-order valence-corrected chi connectivity index (χ2v) is 3.69. The van der Waals surface area contributed by atoms with Crippen LogP contribution in [-0.4, -0.2) is 7.11 Å². The van der Waals surface area contributed by atoms with Crippen molar-refractivity contribution in [1.29, 1.82) is 0 Å². The molecular weight excluding hydrogens is 172 g/mol. The van der Waals surface area contributed by atoms with Crippen LogP contribution in [0.1, 0.15) is 30.9 Å². The van der Waals surface area contributed by atoms with Crippen molar-refractivity contribution in [3.63, 3.8) is 0 Å². The van der Waals surface area contributed by atoms with Crippen molar-refractivity contribution >= 4 is 5.57 Å². The fraction of sp³-hybridized carbons (Fsp3) is 0.385. The van der Waals surface area contributed by atoms with E-state index in [0.29, 0.717) is 0 Å². The number of fused-ring (bicyclic) bond motifs is 1. The first-order valence-electron chi connectivity index (χ1n) is 5.17. The van der Waals surface area contributed by atoms with Gasteiger partial charge >= 0.3 is 0 Å². The smallest absolute Gasteiger partial charge is 0.119 e. The summed E-state index contributed by atoms with van der Waals surface area (Å²) in [5, 5.41) is 0. The van der Waals surface area contributed by atoms with Gasteiger partial charge in [-0.15, -0.1) is 0 Å². The van der Waals surface area contributed by atoms with Crippen molar-refractivity contribution in [2.24, 2.45) is 0 Å². The molecule has 0 heterocycles. The number of ether oxygens (including phenoxy) is 1. The van der Waals surface area contributed by atoms with Crippen molar-refractivity contribution in [3.8, 4) is 5.75 Å². The lowest BCUT2D eigenvalue weighted by atomic mass is 9.87. The summed E-state index contributed by atoms with van der Waals surface area (Å²) in [4.78, 5) is 0. The quantitative estimate of drug-likeness (QED) is 0.656. The Balaban J connectivity index is 2.46. The van der Waals surface area contributed by atoms with Crippen LogP contribution < -0.4 is 4.74 Å². The fourth-order valence-corrected chi connectivity index (χ4v) is 2.12. The largest absolute Gasteiger partial charge is 0.497 e. The van der Waals surface area contributed by atoms with Gasteiger partial charge in [0.1, 0.15) is 5.75 Å². The lowest BCUT2D eigenvalue weighted by Gasteiger charge is -2.19. The van der Waals surface area contributed by atoms with Gasteiger partial charge in [0.2, 0.25) is 0 Å². The van der Waals surface area contributed by atoms with Crippen molar-refractivity contribution < 1.29 is 4.74 Å². The topological polar surface area (TPSA) is 9.23 Å². The zero-order valence-corrected chi connectivity index (χ0v) is 8.84. The van der Waals surface area contributed by atoms with E-state index in [1.165, 1.54) is 36.0 Å². The molecule has 0 saturated heterocycles. The first-order valence-corrected chi connectivity index (χ1v) is 5.17. The zero-order valence-electron chi connectivity index (χ0n) is 8.84. The Morgan fingerprint density at radius 3 is 2.86 bits per heavy atom. The predicted molar refractivity (Wildman–Crippen MR) is 59.6 cm³/mol. The number of benzene rings is 1. The van der Waals surface area contributed by atoms with Gasteiger partial charge < -0.3 is 4.74 Å². The molecule has 1 aliphatic rings. The molecule has 1 heteroatoms. The monoisotopic (exact) mass is 188 g/mol. The molecule has 2 rings (SSSR count). The van der Waals surface area contributed by atoms with Gasteiger partial charge in [-0.3, -0.25) is 0 Å². The second kappa shape index (κ2) is 3.87. The van der Waals surface area contributed by atoms with Gasteiger partial charge in [0.25, 0.3) is 0 Å². The molecule has 0 amide bonds. The predicted octanol–water partition coefficient (Wildman–Crippen LogP) is 3.43. The van der Waals surface area contributed by atoms with Gasteiger partial charge in [-0.2, -0.15) is 0 Å². The maximum absolute atomic E-state index is 5.23. The van der Waals surface area contributed by atoms with E-state index in [2.05, 4.69) is 25.1 Å². The lowest BCUT2D eigenvalue weighted by molar-refractivity contribution is 0.414. The van der Waals surface area contributed by atoms with Crippen molar-refractivity contribution in [2.45, 2.75) is 26.2 Å². The SMILES string of the molecule is C/C=C1\CCCc2cc(OC)ccc21. The van der Waals surface area contributed by atoms with Gasteiger partial charge in [0, 0.05) is 0 Å². The number of methoxy groups -OCH3 is 1. The standard InChI is InChI=1S/C13H16O/c1-3-10-5-4-6-11-9-12(14-2)7-8-13(10)11/h3,7-9H,4-6H2,1-2H3/b10-3+. The Morgan fingerprint density at radius 1 is 1.29 bits per heavy atom. The molecule has 0 aromatic heterocycles. The van der Waals surface area contributed by atoms with Crippen molar-refractivity contribution in [1.82, 2.24) is 0 Å². The van der Waals surface area contributed by atoms with Gasteiger partial charge in [0.15, 0.2) is 0 Å². The van der Waals surface area contributed by atoms with Gasteiger partial charge in [-0.1, -0.05) is 12.1 Å². The highest BCUT2D eigenvalue weighted by Gasteiger charge is 2.13. The third-order valence-electron chi connectivity index (χ3n) is 2.90. The zero-order chi connectivity index (χ0) is 9.97. The normalized spacial score (nSPS) is 18.0. The summed E-state index contributed by atoms with van der Waals surface area (Å²) in [6.07, 6.45) is 5.89. The molecule has 0 aliphatic heterocycles. The highest BCUT2D eigenvalue weighted by Crippen LogP contribution is 2.32. The van der Waals surface area contributed by atoms with Crippen LogP contribution >= 0.6 is 0 Å². The van der Waals surface area contributed by atoms with Crippen LogP contribution in [0.25, 0.3) is 5.57 Å². The molecule has 1 nitrogen and oxygen atoms in total. The molecule has 0 radical (unpaired) electrons. The Kier molecular flexibility index (Phi) is 2.58. The minimum Gasteiger partial charge on any atom is -0.497 e. The molecule has 1 aliphatic carbocycles. The van der Waals surface area contributed by atoms with E-state index < -0.39 is 0 Å². The van der Waals surface area contributed by atoms with Crippen LogP contribution in [-0.2, 0) is 6.42 Å². The molecule has 1 aromatic carbocycles. The van der Waals surface area contributed by atoms with E-state index in [-0.39, 0.29) is 0 Å². The summed E-state index contributed by atoms with van der Waals surface area (Å²) in [5.74, 6) is 0.973. The van der Waals surface area contributed by atoms with Crippen LogP contribution in [0, 0.1) is 0 Å². The van der Waals surface area contributed by atoms with Crippen molar-refractivity contribution in [3.05, 3.63) is 35.4 Å². The third-order valence-corrected chi connectivity index (χ3v) is 2.90. The highest BCUT2D eigenvalue weighted by atomic mass is 16.5. The Labute approximate surface area is 85.4 Å². The minimum atomic E-state index is 0.973. The number of rotatable bonds is 1. The molecule has 1 aromatic rings. The van der Waals surface area contributed by atoms with Crippen LogP contribution in [0.2, 0.25) is 0 Å². The molecule has 0 atom stereocenters. The van der Waals surface area contributed by atoms with Crippen LogP contribution in [0.5, 0.6) is 5.75 Å². The van der Waals surface area contributed by atoms with Gasteiger partial charge in [-0.05, 0) is 55.0 Å². The summed E-state index contributed by atoms with van der Waals surface area (Å²) in [6.45, 7) is 2.12. The Morgan fingerprint density at radius 2 is 2.14 bits per heavy atom. The molecule has 0 unspecified atom stereocenters. The summed E-state index contributed by atoms with van der Waals surface area (Å²) < 4.78 is 5.23. The van der Waals surface area contributed by atoms with E-state index >= 15 is 0 Å². The first-order chi connectivity index (χ1) is 6.85. The fourth-order valence-electron chi connectivity index (χ4n) is 2.12. The Bertz CT molecular complexity index is 363. The summed E-state index contributed by atoms with van der Waals surface area (Å²) >= 11 is 0. The van der Waals surface area contributed by atoms with Crippen molar-refractivity contribution in [2.75, 3.05) is 7.11 Å². The lowest BCUT2D eigenvalue weighted by Crippen LogP contribution is -2.01. The summed E-state index contributed by atoms with van der Waals surface area (Å²) in [6, 6.07) is 6.40. The molecule has 0 spiro atoms. The van der Waals surface area contributed by atoms with E-state index in [4.69, 9.17) is 4.74 Å². The van der Waals surface area contributed by atoms with Crippen LogP contribution in [0.4, 0.5) is 0 Å². The number of hydrogen-bond donors (Lipinski definition) is 0.